The summed E-state index contributed by atoms with van der Waals surface area (Å²) in [5.74, 6) is -0.517. The smallest absolute Gasteiger partial charge is 0.406 e. The van der Waals surface area contributed by atoms with Gasteiger partial charge in [0.1, 0.15) is 5.75 Å². The summed E-state index contributed by atoms with van der Waals surface area (Å²) in [6.45, 7) is 10.3. The number of alkyl halides is 3. The summed E-state index contributed by atoms with van der Waals surface area (Å²) in [7, 11) is 0. The molecule has 8 heteroatoms. The molecule has 5 nitrogen and oxygen atoms in total. The first-order valence-electron chi connectivity index (χ1n) is 7.96. The zero-order valence-electron chi connectivity index (χ0n) is 14.1. The third-order valence-electron chi connectivity index (χ3n) is 3.70. The third kappa shape index (κ3) is 7.15. The van der Waals surface area contributed by atoms with Gasteiger partial charge in [-0.1, -0.05) is 12.2 Å². The maximum atomic E-state index is 12.1. The number of amides is 1. The predicted octanol–water partition coefficient (Wildman–Crippen LogP) is 2.72. The number of hydrogen-bond donors (Lipinski definition) is 1. The first kappa shape index (κ1) is 19.3. The Morgan fingerprint density at radius 3 is 2.12 bits per heavy atom. The number of nitrogens with zero attached hydrogens (tertiary/aromatic N) is 2. The molecular weight excluding hydrogens is 335 g/mol. The fourth-order valence-corrected chi connectivity index (χ4v) is 2.63. The van der Waals surface area contributed by atoms with E-state index in [1.807, 2.05) is 11.8 Å². The van der Waals surface area contributed by atoms with E-state index in [9.17, 15) is 18.0 Å². The number of rotatable bonds is 6. The van der Waals surface area contributed by atoms with Crippen LogP contribution < -0.4 is 10.1 Å². The summed E-state index contributed by atoms with van der Waals surface area (Å²) in [6.07, 6.45) is -4.73. The number of ether oxygens (including phenoxy) is 1. The van der Waals surface area contributed by atoms with E-state index in [-0.39, 0.29) is 18.2 Å². The average Bonchev–Trinajstić information content (AvgIpc) is 2.49. The first-order chi connectivity index (χ1) is 11.7. The molecule has 0 unspecified atom stereocenters. The largest absolute Gasteiger partial charge is 0.573 e. The lowest BCUT2D eigenvalue weighted by molar-refractivity contribution is -0.274. The van der Waals surface area contributed by atoms with Gasteiger partial charge in [-0.25, -0.2) is 0 Å². The van der Waals surface area contributed by atoms with Crippen molar-refractivity contribution in [3.05, 3.63) is 36.4 Å². The molecule has 1 aliphatic heterocycles. The fraction of sp³-hybridized carbons (Fsp3) is 0.471. The van der Waals surface area contributed by atoms with Crippen molar-refractivity contribution in [2.45, 2.75) is 13.3 Å². The van der Waals surface area contributed by atoms with E-state index in [1.54, 1.807) is 0 Å². The number of benzene rings is 1. The van der Waals surface area contributed by atoms with Crippen LogP contribution in [0.15, 0.2) is 36.4 Å². The van der Waals surface area contributed by atoms with Crippen LogP contribution in [0.2, 0.25) is 0 Å². The maximum Gasteiger partial charge on any atom is 0.573 e. The summed E-state index contributed by atoms with van der Waals surface area (Å²) in [4.78, 5) is 16.4. The molecule has 1 aliphatic rings. The number of piperazine rings is 1. The lowest BCUT2D eigenvalue weighted by Crippen LogP contribution is -2.48. The van der Waals surface area contributed by atoms with E-state index in [2.05, 4.69) is 21.5 Å². The molecule has 1 N–H and O–H groups in total. The minimum absolute atomic E-state index is 0.196. The van der Waals surface area contributed by atoms with E-state index < -0.39 is 6.36 Å². The van der Waals surface area contributed by atoms with Crippen LogP contribution in [0.25, 0.3) is 0 Å². The zero-order chi connectivity index (χ0) is 18.4. The second-order valence-electron chi connectivity index (χ2n) is 6.13. The first-order valence-corrected chi connectivity index (χ1v) is 7.96. The summed E-state index contributed by atoms with van der Waals surface area (Å²) in [5, 5.41) is 2.68. The second kappa shape index (κ2) is 8.35. The van der Waals surface area contributed by atoms with Gasteiger partial charge < -0.3 is 10.1 Å². The predicted molar refractivity (Wildman–Crippen MR) is 89.4 cm³/mol. The van der Waals surface area contributed by atoms with Gasteiger partial charge in [-0.15, -0.1) is 13.2 Å². The van der Waals surface area contributed by atoms with E-state index in [0.29, 0.717) is 5.69 Å². The van der Waals surface area contributed by atoms with Crippen LogP contribution >= 0.6 is 0 Å². The zero-order valence-corrected chi connectivity index (χ0v) is 14.1. The van der Waals surface area contributed by atoms with Crippen molar-refractivity contribution < 1.29 is 22.7 Å². The number of hydrogen-bond acceptors (Lipinski definition) is 4. The molecule has 0 radical (unpaired) electrons. The molecule has 25 heavy (non-hydrogen) atoms. The molecule has 2 rings (SSSR count). The van der Waals surface area contributed by atoms with Gasteiger partial charge in [0.05, 0.1) is 6.54 Å². The highest BCUT2D eigenvalue weighted by Gasteiger charge is 2.31. The normalized spacial score (nSPS) is 16.5. The molecule has 1 aromatic carbocycles. The van der Waals surface area contributed by atoms with Crippen LogP contribution in [0.3, 0.4) is 0 Å². The molecule has 1 fully saturated rings. The molecule has 0 aromatic heterocycles. The number of nitrogens with one attached hydrogen (secondary N) is 1. The molecule has 0 bridgehead atoms. The van der Waals surface area contributed by atoms with E-state index in [4.69, 9.17) is 0 Å². The lowest BCUT2D eigenvalue weighted by atomic mass is 10.2. The van der Waals surface area contributed by atoms with E-state index in [0.717, 1.165) is 38.3 Å². The van der Waals surface area contributed by atoms with Gasteiger partial charge in [0.25, 0.3) is 0 Å². The molecule has 0 spiro atoms. The van der Waals surface area contributed by atoms with Crippen LogP contribution in [0.5, 0.6) is 5.75 Å². The van der Waals surface area contributed by atoms with Crippen molar-refractivity contribution in [2.24, 2.45) is 0 Å². The average molecular weight is 357 g/mol. The Labute approximate surface area is 145 Å². The van der Waals surface area contributed by atoms with E-state index in [1.165, 1.54) is 24.3 Å². The molecular formula is C17H22F3N3O2. The third-order valence-corrected chi connectivity index (χ3v) is 3.70. The SMILES string of the molecule is C=C(C)CN1CCN(CC(=O)Nc2ccc(OC(F)(F)F)cc2)CC1. The number of anilines is 1. The van der Waals surface area contributed by atoms with Gasteiger partial charge in [-0.3, -0.25) is 14.6 Å². The number of carbonyl (C=O) groups is 1. The number of carbonyl (C=O) groups excluding carboxylic acids is 1. The van der Waals surface area contributed by atoms with Crippen molar-refractivity contribution in [1.29, 1.82) is 0 Å². The summed E-state index contributed by atoms with van der Waals surface area (Å²) >= 11 is 0. The Morgan fingerprint density at radius 1 is 1.12 bits per heavy atom. The highest BCUT2D eigenvalue weighted by Crippen LogP contribution is 2.23. The molecule has 138 valence electrons. The molecule has 1 heterocycles. The van der Waals surface area contributed by atoms with Gasteiger partial charge in [0.15, 0.2) is 0 Å². The van der Waals surface area contributed by atoms with Crippen LogP contribution in [0, 0.1) is 0 Å². The maximum absolute atomic E-state index is 12.1. The lowest BCUT2D eigenvalue weighted by Gasteiger charge is -2.34. The van der Waals surface area contributed by atoms with Crippen molar-refractivity contribution >= 4 is 11.6 Å². The van der Waals surface area contributed by atoms with Crippen molar-refractivity contribution in [3.8, 4) is 5.75 Å². The Kier molecular flexibility index (Phi) is 6.44. The minimum atomic E-state index is -4.73. The van der Waals surface area contributed by atoms with Crippen molar-refractivity contribution in [1.82, 2.24) is 9.80 Å². The molecule has 0 atom stereocenters. The van der Waals surface area contributed by atoms with E-state index >= 15 is 0 Å². The van der Waals surface area contributed by atoms with Crippen LogP contribution in [0.1, 0.15) is 6.92 Å². The van der Waals surface area contributed by atoms with Crippen LogP contribution in [-0.2, 0) is 4.79 Å². The fourth-order valence-electron chi connectivity index (χ4n) is 2.63. The second-order valence-corrected chi connectivity index (χ2v) is 6.13. The van der Waals surface area contributed by atoms with Gasteiger partial charge in [0.2, 0.25) is 5.91 Å². The summed E-state index contributed by atoms with van der Waals surface area (Å²) < 4.78 is 40.1. The highest BCUT2D eigenvalue weighted by molar-refractivity contribution is 5.92. The standard InChI is InChI=1S/C17H22F3N3O2/c1-13(2)11-22-7-9-23(10-8-22)12-16(24)21-14-3-5-15(6-4-14)25-17(18,19)20/h3-6H,1,7-12H2,2H3,(H,21,24). The Morgan fingerprint density at radius 2 is 1.64 bits per heavy atom. The van der Waals surface area contributed by atoms with Crippen molar-refractivity contribution in [3.63, 3.8) is 0 Å². The Bertz CT molecular complexity index is 594. The number of halogens is 3. The molecule has 1 amide bonds. The Hall–Kier alpha value is -2.06. The molecule has 0 saturated carbocycles. The molecule has 1 saturated heterocycles. The summed E-state index contributed by atoms with van der Waals surface area (Å²) in [6, 6.07) is 5.09. The molecule has 1 aromatic rings. The van der Waals surface area contributed by atoms with Crippen LogP contribution in [-0.4, -0.2) is 61.3 Å². The van der Waals surface area contributed by atoms with Gasteiger partial charge >= 0.3 is 6.36 Å². The highest BCUT2D eigenvalue weighted by atomic mass is 19.4. The van der Waals surface area contributed by atoms with Crippen molar-refractivity contribution in [2.75, 3.05) is 44.6 Å². The quantitative estimate of drug-likeness (QED) is 0.795. The molecule has 0 aliphatic carbocycles. The minimum Gasteiger partial charge on any atom is -0.406 e. The van der Waals surface area contributed by atoms with Gasteiger partial charge in [-0.2, -0.15) is 0 Å². The van der Waals surface area contributed by atoms with Crippen LogP contribution in [0.4, 0.5) is 18.9 Å². The van der Waals surface area contributed by atoms with Gasteiger partial charge in [0, 0.05) is 38.4 Å². The Balaban J connectivity index is 1.76. The summed E-state index contributed by atoms with van der Waals surface area (Å²) in [5.41, 5.74) is 1.55. The topological polar surface area (TPSA) is 44.8 Å². The monoisotopic (exact) mass is 357 g/mol. The van der Waals surface area contributed by atoms with Gasteiger partial charge in [-0.05, 0) is 31.2 Å².